The molecule has 2 rings (SSSR count). The van der Waals surface area contributed by atoms with Crippen molar-refractivity contribution in [2.45, 2.75) is 31.9 Å². The van der Waals surface area contributed by atoms with E-state index < -0.39 is 0 Å². The van der Waals surface area contributed by atoms with E-state index in [1.54, 1.807) is 0 Å². The Morgan fingerprint density at radius 1 is 1.36 bits per heavy atom. The van der Waals surface area contributed by atoms with Crippen LogP contribution in [0, 0.1) is 12.8 Å². The van der Waals surface area contributed by atoms with Gasteiger partial charge in [-0.3, -0.25) is 4.79 Å². The zero-order chi connectivity index (χ0) is 14.9. The van der Waals surface area contributed by atoms with Crippen LogP contribution in [0.1, 0.15) is 30.4 Å². The van der Waals surface area contributed by atoms with E-state index in [4.69, 9.17) is 0 Å². The number of nitrogens with one attached hydrogen (secondary N) is 2. The van der Waals surface area contributed by atoms with Crippen molar-refractivity contribution in [3.05, 3.63) is 35.4 Å². The van der Waals surface area contributed by atoms with Crippen molar-refractivity contribution in [3.63, 3.8) is 0 Å². The van der Waals surface area contributed by atoms with Crippen molar-refractivity contribution in [3.8, 4) is 0 Å². The van der Waals surface area contributed by atoms with Gasteiger partial charge in [0.15, 0.2) is 0 Å². The Morgan fingerprint density at radius 3 is 2.82 bits per heavy atom. The predicted octanol–water partition coefficient (Wildman–Crippen LogP) is 3.16. The van der Waals surface area contributed by atoms with Crippen molar-refractivity contribution >= 4 is 30.1 Å². The maximum Gasteiger partial charge on any atom is 0.220 e. The van der Waals surface area contributed by atoms with E-state index in [-0.39, 0.29) is 18.3 Å². The summed E-state index contributed by atoms with van der Waals surface area (Å²) in [7, 11) is 0. The number of rotatable bonds is 8. The van der Waals surface area contributed by atoms with Gasteiger partial charge >= 0.3 is 0 Å². The molecule has 1 saturated heterocycles. The first-order valence-corrected chi connectivity index (χ1v) is 9.00. The first kappa shape index (κ1) is 19.3. The highest BCUT2D eigenvalue weighted by Gasteiger charge is 2.15. The zero-order valence-corrected chi connectivity index (χ0v) is 14.9. The molecule has 1 atom stereocenters. The van der Waals surface area contributed by atoms with Crippen LogP contribution in [-0.2, 0) is 10.5 Å². The van der Waals surface area contributed by atoms with Crippen LogP contribution >= 0.6 is 24.2 Å². The minimum atomic E-state index is 0. The van der Waals surface area contributed by atoms with Gasteiger partial charge in [-0.15, -0.1) is 12.4 Å². The molecule has 2 N–H and O–H groups in total. The van der Waals surface area contributed by atoms with Gasteiger partial charge in [-0.05, 0) is 44.3 Å². The average molecular weight is 343 g/mol. The van der Waals surface area contributed by atoms with Crippen molar-refractivity contribution in [2.75, 3.05) is 25.4 Å². The van der Waals surface area contributed by atoms with E-state index in [0.717, 1.165) is 37.6 Å². The van der Waals surface area contributed by atoms with E-state index in [2.05, 4.69) is 41.8 Å². The summed E-state index contributed by atoms with van der Waals surface area (Å²) in [5.74, 6) is 2.90. The van der Waals surface area contributed by atoms with Crippen LogP contribution in [0.5, 0.6) is 0 Å². The summed E-state index contributed by atoms with van der Waals surface area (Å²) in [5.41, 5.74) is 2.65. The highest BCUT2D eigenvalue weighted by atomic mass is 35.5. The smallest absolute Gasteiger partial charge is 0.220 e. The maximum atomic E-state index is 11.7. The molecule has 0 spiro atoms. The molecule has 5 heteroatoms. The molecule has 1 unspecified atom stereocenters. The molecule has 1 amide bonds. The second-order valence-corrected chi connectivity index (χ2v) is 6.89. The van der Waals surface area contributed by atoms with E-state index in [9.17, 15) is 4.79 Å². The number of hydrogen-bond acceptors (Lipinski definition) is 3. The highest BCUT2D eigenvalue weighted by Crippen LogP contribution is 2.14. The molecular weight excluding hydrogens is 316 g/mol. The molecule has 0 radical (unpaired) electrons. The number of thioether (sulfide) groups is 1. The number of benzene rings is 1. The fourth-order valence-electron chi connectivity index (χ4n) is 2.52. The normalized spacial score (nSPS) is 17.0. The molecule has 1 aromatic rings. The Hall–Kier alpha value is -0.710. The van der Waals surface area contributed by atoms with Crippen LogP contribution in [0.2, 0.25) is 0 Å². The third kappa shape index (κ3) is 7.52. The van der Waals surface area contributed by atoms with Gasteiger partial charge in [-0.25, -0.2) is 0 Å². The molecule has 1 fully saturated rings. The van der Waals surface area contributed by atoms with Crippen molar-refractivity contribution in [1.29, 1.82) is 0 Å². The number of aryl methyl sites for hydroxylation is 1. The Labute approximate surface area is 144 Å². The molecule has 0 aromatic heterocycles. The molecule has 124 valence electrons. The van der Waals surface area contributed by atoms with Gasteiger partial charge in [0.2, 0.25) is 5.91 Å². The van der Waals surface area contributed by atoms with Crippen LogP contribution in [0.3, 0.4) is 0 Å². The molecule has 0 aliphatic carbocycles. The van der Waals surface area contributed by atoms with E-state index in [1.807, 2.05) is 11.8 Å². The molecular formula is C17H27ClN2OS. The molecule has 0 bridgehead atoms. The van der Waals surface area contributed by atoms with Crippen LogP contribution < -0.4 is 10.6 Å². The van der Waals surface area contributed by atoms with Gasteiger partial charge in [0.1, 0.15) is 0 Å². The fraction of sp³-hybridized carbons (Fsp3) is 0.588. The van der Waals surface area contributed by atoms with Crippen LogP contribution in [0.15, 0.2) is 24.3 Å². The predicted molar refractivity (Wildman–Crippen MR) is 97.8 cm³/mol. The quantitative estimate of drug-likeness (QED) is 0.713. The number of hydrogen-bond donors (Lipinski definition) is 2. The second-order valence-electron chi connectivity index (χ2n) is 5.79. The van der Waals surface area contributed by atoms with E-state index in [0.29, 0.717) is 12.3 Å². The molecule has 22 heavy (non-hydrogen) atoms. The third-order valence-corrected chi connectivity index (χ3v) is 4.93. The monoisotopic (exact) mass is 342 g/mol. The van der Waals surface area contributed by atoms with Gasteiger partial charge in [0.05, 0.1) is 0 Å². The first-order valence-electron chi connectivity index (χ1n) is 7.85. The molecule has 3 nitrogen and oxygen atoms in total. The lowest BCUT2D eigenvalue weighted by Crippen LogP contribution is -2.26. The summed E-state index contributed by atoms with van der Waals surface area (Å²) in [6, 6.07) is 8.65. The molecule has 1 aliphatic heterocycles. The van der Waals surface area contributed by atoms with Gasteiger partial charge in [0, 0.05) is 24.5 Å². The molecule has 1 aliphatic rings. The third-order valence-electron chi connectivity index (χ3n) is 3.90. The number of carbonyl (C=O) groups is 1. The van der Waals surface area contributed by atoms with Crippen molar-refractivity contribution in [1.82, 2.24) is 10.6 Å². The molecule has 0 saturated carbocycles. The van der Waals surface area contributed by atoms with E-state index >= 15 is 0 Å². The zero-order valence-electron chi connectivity index (χ0n) is 13.3. The summed E-state index contributed by atoms with van der Waals surface area (Å²) in [6.45, 7) is 5.08. The largest absolute Gasteiger partial charge is 0.355 e. The van der Waals surface area contributed by atoms with Crippen LogP contribution in [0.25, 0.3) is 0 Å². The standard InChI is InChI=1S/C17H26N2OS.ClH/c1-14-2-4-16(5-3-14)13-21-11-10-19-17(20)7-6-15-8-9-18-12-15;/h2-5,15,18H,6-13H2,1H3,(H,19,20);1H. The Balaban J connectivity index is 0.00000242. The number of halogens is 1. The maximum absolute atomic E-state index is 11.7. The second kappa shape index (κ2) is 10.9. The summed E-state index contributed by atoms with van der Waals surface area (Å²) < 4.78 is 0. The fourth-order valence-corrected chi connectivity index (χ4v) is 3.34. The minimum absolute atomic E-state index is 0. The van der Waals surface area contributed by atoms with Gasteiger partial charge < -0.3 is 10.6 Å². The first-order chi connectivity index (χ1) is 10.2. The van der Waals surface area contributed by atoms with Crippen molar-refractivity contribution in [2.24, 2.45) is 5.92 Å². The lowest BCUT2D eigenvalue weighted by molar-refractivity contribution is -0.121. The topological polar surface area (TPSA) is 41.1 Å². The summed E-state index contributed by atoms with van der Waals surface area (Å²) in [6.07, 6.45) is 2.92. The molecule has 1 heterocycles. The van der Waals surface area contributed by atoms with E-state index in [1.165, 1.54) is 17.5 Å². The molecule has 1 aromatic carbocycles. The van der Waals surface area contributed by atoms with Gasteiger partial charge in [-0.1, -0.05) is 29.8 Å². The average Bonchev–Trinajstić information content (AvgIpc) is 3.00. The van der Waals surface area contributed by atoms with Crippen LogP contribution in [0.4, 0.5) is 0 Å². The summed E-state index contributed by atoms with van der Waals surface area (Å²) in [4.78, 5) is 11.7. The van der Waals surface area contributed by atoms with Gasteiger partial charge in [-0.2, -0.15) is 11.8 Å². The Bertz CT molecular complexity index is 433. The lowest BCUT2D eigenvalue weighted by atomic mass is 10.0. The Kier molecular flexibility index (Phi) is 9.60. The Morgan fingerprint density at radius 2 is 2.14 bits per heavy atom. The highest BCUT2D eigenvalue weighted by molar-refractivity contribution is 7.98. The van der Waals surface area contributed by atoms with Crippen molar-refractivity contribution < 1.29 is 4.79 Å². The summed E-state index contributed by atoms with van der Waals surface area (Å²) in [5, 5.41) is 6.36. The summed E-state index contributed by atoms with van der Waals surface area (Å²) >= 11 is 1.87. The lowest BCUT2D eigenvalue weighted by Gasteiger charge is -2.08. The number of amides is 1. The number of carbonyl (C=O) groups excluding carboxylic acids is 1. The van der Waals surface area contributed by atoms with Crippen LogP contribution in [-0.4, -0.2) is 31.3 Å². The SMILES string of the molecule is Cc1ccc(CSCCNC(=O)CCC2CCNC2)cc1.Cl. The van der Waals surface area contributed by atoms with Gasteiger partial charge in [0.25, 0.3) is 0 Å². The minimum Gasteiger partial charge on any atom is -0.355 e.